The van der Waals surface area contributed by atoms with Crippen molar-refractivity contribution in [3.8, 4) is 5.75 Å². The summed E-state index contributed by atoms with van der Waals surface area (Å²) in [5, 5.41) is 20.6. The summed E-state index contributed by atoms with van der Waals surface area (Å²) < 4.78 is 0. The van der Waals surface area contributed by atoms with Crippen molar-refractivity contribution in [1.82, 2.24) is 4.98 Å². The predicted molar refractivity (Wildman–Crippen MR) is 71.3 cm³/mol. The molecule has 0 spiro atoms. The van der Waals surface area contributed by atoms with Crippen LogP contribution < -0.4 is 0 Å². The van der Waals surface area contributed by atoms with Crippen LogP contribution in [0.3, 0.4) is 0 Å². The second-order valence-corrected chi connectivity index (χ2v) is 4.03. The monoisotopic (exact) mass is 277 g/mol. The summed E-state index contributed by atoms with van der Waals surface area (Å²) in [7, 11) is 0. The number of aromatic nitrogens is 1. The van der Waals surface area contributed by atoms with Crippen LogP contribution in [0.25, 0.3) is 0 Å². The van der Waals surface area contributed by atoms with Crippen LogP contribution in [0.4, 0.5) is 11.4 Å². The maximum absolute atomic E-state index is 10.7. The molecular formula is C12H8ClN3O3. The van der Waals surface area contributed by atoms with Gasteiger partial charge < -0.3 is 5.11 Å². The normalized spacial score (nSPS) is 10.8. The highest BCUT2D eigenvalue weighted by Gasteiger charge is 2.17. The van der Waals surface area contributed by atoms with Gasteiger partial charge in [0.05, 0.1) is 16.8 Å². The van der Waals surface area contributed by atoms with Crippen molar-refractivity contribution < 1.29 is 10.0 Å². The van der Waals surface area contributed by atoms with Crippen LogP contribution in [0.2, 0.25) is 5.02 Å². The lowest BCUT2D eigenvalue weighted by atomic mass is 10.2. The van der Waals surface area contributed by atoms with Gasteiger partial charge in [-0.15, -0.1) is 0 Å². The van der Waals surface area contributed by atoms with E-state index in [-0.39, 0.29) is 10.6 Å². The van der Waals surface area contributed by atoms with E-state index in [4.69, 9.17) is 11.6 Å². The van der Waals surface area contributed by atoms with Crippen molar-refractivity contribution >= 4 is 29.2 Å². The maximum Gasteiger partial charge on any atom is 0.312 e. The number of benzene rings is 1. The number of halogens is 1. The molecule has 96 valence electrons. The van der Waals surface area contributed by atoms with Crippen molar-refractivity contribution in [3.05, 3.63) is 57.4 Å². The van der Waals surface area contributed by atoms with Gasteiger partial charge in [0.2, 0.25) is 5.75 Å². The predicted octanol–water partition coefficient (Wildman–Crippen LogP) is 3.10. The Labute approximate surface area is 113 Å². The second-order valence-electron chi connectivity index (χ2n) is 3.59. The highest BCUT2D eigenvalue weighted by molar-refractivity contribution is 6.31. The van der Waals surface area contributed by atoms with Crippen LogP contribution in [0.5, 0.6) is 5.75 Å². The Hall–Kier alpha value is -2.47. The van der Waals surface area contributed by atoms with Gasteiger partial charge in [-0.2, -0.15) is 0 Å². The molecule has 19 heavy (non-hydrogen) atoms. The van der Waals surface area contributed by atoms with Gasteiger partial charge in [0, 0.05) is 29.1 Å². The number of nitrogens with zero attached hydrogens (tertiary/aromatic N) is 3. The summed E-state index contributed by atoms with van der Waals surface area (Å²) in [4.78, 5) is 17.9. The van der Waals surface area contributed by atoms with Crippen LogP contribution in [0.15, 0.2) is 41.7 Å². The van der Waals surface area contributed by atoms with Crippen LogP contribution in [0, 0.1) is 10.1 Å². The third-order valence-corrected chi connectivity index (χ3v) is 2.50. The minimum atomic E-state index is -0.706. The quantitative estimate of drug-likeness (QED) is 0.530. The van der Waals surface area contributed by atoms with E-state index in [9.17, 15) is 15.2 Å². The highest BCUT2D eigenvalue weighted by atomic mass is 35.5. The Bertz CT molecular complexity index is 644. The summed E-state index contributed by atoms with van der Waals surface area (Å²) in [6, 6.07) is 5.88. The van der Waals surface area contributed by atoms with E-state index in [0.29, 0.717) is 5.69 Å². The minimum absolute atomic E-state index is 0.150. The van der Waals surface area contributed by atoms with Gasteiger partial charge in [0.25, 0.3) is 0 Å². The van der Waals surface area contributed by atoms with E-state index in [1.54, 1.807) is 18.3 Å². The summed E-state index contributed by atoms with van der Waals surface area (Å²) in [5.41, 5.74) is 0.271. The van der Waals surface area contributed by atoms with Crippen molar-refractivity contribution in [1.29, 1.82) is 0 Å². The van der Waals surface area contributed by atoms with E-state index in [0.717, 1.165) is 6.07 Å². The fourth-order valence-corrected chi connectivity index (χ4v) is 1.64. The number of phenolic OH excluding ortho intramolecular Hbond substituents is 1. The van der Waals surface area contributed by atoms with Crippen LogP contribution >= 0.6 is 11.6 Å². The lowest BCUT2D eigenvalue weighted by Gasteiger charge is -2.01. The molecule has 2 rings (SSSR count). The average Bonchev–Trinajstić information content (AvgIpc) is 2.40. The number of hydrogen-bond donors (Lipinski definition) is 1. The molecule has 1 N–H and O–H groups in total. The Kier molecular flexibility index (Phi) is 3.72. The zero-order chi connectivity index (χ0) is 13.8. The molecule has 1 aromatic heterocycles. The van der Waals surface area contributed by atoms with Gasteiger partial charge >= 0.3 is 5.69 Å². The topological polar surface area (TPSA) is 88.6 Å². The number of pyridine rings is 1. The lowest BCUT2D eigenvalue weighted by molar-refractivity contribution is -0.385. The summed E-state index contributed by atoms with van der Waals surface area (Å²) in [5.74, 6) is -0.470. The lowest BCUT2D eigenvalue weighted by Crippen LogP contribution is -1.92. The highest BCUT2D eigenvalue weighted by Crippen LogP contribution is 2.32. The minimum Gasteiger partial charge on any atom is -0.502 e. The first-order valence-electron chi connectivity index (χ1n) is 5.19. The number of nitro groups is 1. The van der Waals surface area contributed by atoms with Gasteiger partial charge in [-0.3, -0.25) is 20.1 Å². The van der Waals surface area contributed by atoms with Crippen molar-refractivity contribution in [2.75, 3.05) is 0 Å². The number of hydrogen-bond acceptors (Lipinski definition) is 5. The van der Waals surface area contributed by atoms with Gasteiger partial charge in [0.1, 0.15) is 0 Å². The Morgan fingerprint density at radius 2 is 2.26 bits per heavy atom. The number of aliphatic imine (C=N–C) groups is 1. The van der Waals surface area contributed by atoms with Crippen molar-refractivity contribution in [2.24, 2.45) is 4.99 Å². The van der Waals surface area contributed by atoms with E-state index in [1.807, 2.05) is 0 Å². The largest absolute Gasteiger partial charge is 0.502 e. The zero-order valence-corrected chi connectivity index (χ0v) is 10.3. The molecule has 0 amide bonds. The van der Waals surface area contributed by atoms with Gasteiger partial charge in [0.15, 0.2) is 0 Å². The van der Waals surface area contributed by atoms with Crippen LogP contribution in [-0.4, -0.2) is 21.2 Å². The SMILES string of the molecule is O=[N+]([O-])c1cc(Cl)cc(C=Nc2cccnc2)c1O. The fourth-order valence-electron chi connectivity index (χ4n) is 1.42. The van der Waals surface area contributed by atoms with E-state index >= 15 is 0 Å². The number of rotatable bonds is 3. The van der Waals surface area contributed by atoms with Crippen molar-refractivity contribution in [2.45, 2.75) is 0 Å². The molecule has 0 unspecified atom stereocenters. The molecule has 0 radical (unpaired) electrons. The Morgan fingerprint density at radius 3 is 2.89 bits per heavy atom. The average molecular weight is 278 g/mol. The zero-order valence-electron chi connectivity index (χ0n) is 9.52. The van der Waals surface area contributed by atoms with Crippen LogP contribution in [-0.2, 0) is 0 Å². The first-order chi connectivity index (χ1) is 9.08. The molecule has 0 aliphatic rings. The standard InChI is InChI=1S/C12H8ClN3O3/c13-9-4-8(12(17)11(5-9)16(18)19)6-15-10-2-1-3-14-7-10/h1-7,17H. The Morgan fingerprint density at radius 1 is 1.47 bits per heavy atom. The molecule has 2 aromatic rings. The number of aromatic hydroxyl groups is 1. The molecule has 0 saturated heterocycles. The first kappa shape index (κ1) is 13.0. The van der Waals surface area contributed by atoms with Crippen LogP contribution in [0.1, 0.15) is 5.56 Å². The summed E-state index contributed by atoms with van der Waals surface area (Å²) in [6.07, 6.45) is 4.42. The molecule has 0 fully saturated rings. The van der Waals surface area contributed by atoms with E-state index in [1.165, 1.54) is 18.5 Å². The van der Waals surface area contributed by atoms with Gasteiger partial charge in [-0.25, -0.2) is 0 Å². The summed E-state index contributed by atoms with van der Waals surface area (Å²) in [6.45, 7) is 0. The van der Waals surface area contributed by atoms with E-state index in [2.05, 4.69) is 9.98 Å². The molecule has 1 heterocycles. The Balaban J connectivity index is 2.41. The van der Waals surface area contributed by atoms with Crippen molar-refractivity contribution in [3.63, 3.8) is 0 Å². The third kappa shape index (κ3) is 3.05. The van der Waals surface area contributed by atoms with Gasteiger partial charge in [-0.1, -0.05) is 11.6 Å². The molecular weight excluding hydrogens is 270 g/mol. The molecule has 0 aliphatic heterocycles. The smallest absolute Gasteiger partial charge is 0.312 e. The molecule has 1 aromatic carbocycles. The molecule has 0 aliphatic carbocycles. The second kappa shape index (κ2) is 5.45. The molecule has 0 bridgehead atoms. The first-order valence-corrected chi connectivity index (χ1v) is 5.56. The molecule has 6 nitrogen and oxygen atoms in total. The number of phenols is 1. The molecule has 0 saturated carbocycles. The third-order valence-electron chi connectivity index (χ3n) is 2.28. The maximum atomic E-state index is 10.7. The summed E-state index contributed by atoms with van der Waals surface area (Å²) >= 11 is 5.76. The van der Waals surface area contributed by atoms with Gasteiger partial charge in [-0.05, 0) is 18.2 Å². The number of nitro benzene ring substituents is 1. The fraction of sp³-hybridized carbons (Fsp3) is 0. The molecule has 7 heteroatoms. The van der Waals surface area contributed by atoms with E-state index < -0.39 is 16.4 Å². The molecule has 0 atom stereocenters.